The van der Waals surface area contributed by atoms with Crippen LogP contribution in [0, 0.1) is 0 Å². The van der Waals surface area contributed by atoms with E-state index in [4.69, 9.17) is 5.11 Å². The van der Waals surface area contributed by atoms with E-state index in [-0.39, 0.29) is 29.0 Å². The Labute approximate surface area is 131 Å². The summed E-state index contributed by atoms with van der Waals surface area (Å²) in [5.41, 5.74) is -0.193. The molecule has 0 aromatic carbocycles. The van der Waals surface area contributed by atoms with E-state index in [1.54, 1.807) is 9.47 Å². The third-order valence-corrected chi connectivity index (χ3v) is 4.67. The lowest BCUT2D eigenvalue weighted by Gasteiger charge is -2.31. The number of amides is 1. The molecule has 1 aromatic rings. The number of aromatic nitrogens is 3. The van der Waals surface area contributed by atoms with Crippen LogP contribution in [-0.4, -0.2) is 61.2 Å². The fraction of sp³-hybridized carbons (Fsp3) is 0.692. The molecule has 2 N–H and O–H groups in total. The van der Waals surface area contributed by atoms with Gasteiger partial charge in [0.1, 0.15) is 5.82 Å². The van der Waals surface area contributed by atoms with Gasteiger partial charge in [-0.25, -0.2) is 9.89 Å². The van der Waals surface area contributed by atoms with E-state index >= 15 is 0 Å². The summed E-state index contributed by atoms with van der Waals surface area (Å²) in [6.45, 7) is 3.71. The number of thioether (sulfide) groups is 1. The molecule has 1 saturated heterocycles. The molecule has 1 fully saturated rings. The predicted octanol–water partition coefficient (Wildman–Crippen LogP) is 0.115. The minimum atomic E-state index is -0.910. The van der Waals surface area contributed by atoms with Crippen molar-refractivity contribution in [2.45, 2.75) is 32.2 Å². The summed E-state index contributed by atoms with van der Waals surface area (Å²) >= 11 is 1.12. The Morgan fingerprint density at radius 2 is 2.05 bits per heavy atom. The van der Waals surface area contributed by atoms with E-state index in [0.717, 1.165) is 30.4 Å². The fourth-order valence-corrected chi connectivity index (χ4v) is 3.29. The highest BCUT2D eigenvalue weighted by Crippen LogP contribution is 2.26. The highest BCUT2D eigenvalue weighted by atomic mass is 32.2. The zero-order valence-corrected chi connectivity index (χ0v) is 13.3. The van der Waals surface area contributed by atoms with Gasteiger partial charge in [0.2, 0.25) is 5.91 Å². The number of carbonyl (C=O) groups excluding carboxylic acids is 1. The summed E-state index contributed by atoms with van der Waals surface area (Å²) in [6, 6.07) is 0. The van der Waals surface area contributed by atoms with Gasteiger partial charge in [0.05, 0.1) is 11.5 Å². The Hall–Kier alpha value is -1.77. The number of hydrogen-bond donors (Lipinski definition) is 2. The highest BCUT2D eigenvalue weighted by molar-refractivity contribution is 8.00. The maximum Gasteiger partial charge on any atom is 0.343 e. The molecule has 122 valence electrons. The maximum atomic E-state index is 12.0. The summed E-state index contributed by atoms with van der Waals surface area (Å²) in [4.78, 5) is 35.8. The SMILES string of the molecule is CCn1c(C2CCN(C(=O)CSCC(=O)O)CC2)n[nH]c1=O. The Bertz CT molecular complexity index is 589. The van der Waals surface area contributed by atoms with Crippen molar-refractivity contribution < 1.29 is 14.7 Å². The average Bonchev–Trinajstić information content (AvgIpc) is 2.87. The number of hydrogen-bond acceptors (Lipinski definition) is 5. The van der Waals surface area contributed by atoms with E-state index in [1.807, 2.05) is 6.92 Å². The number of H-pyrrole nitrogens is 1. The summed E-state index contributed by atoms with van der Waals surface area (Å²) in [6.07, 6.45) is 1.53. The molecule has 1 amide bonds. The molecule has 2 heterocycles. The van der Waals surface area contributed by atoms with Crippen LogP contribution in [0.5, 0.6) is 0 Å². The van der Waals surface area contributed by atoms with E-state index in [0.29, 0.717) is 19.6 Å². The van der Waals surface area contributed by atoms with Gasteiger partial charge in [-0.05, 0) is 19.8 Å². The molecule has 0 atom stereocenters. The van der Waals surface area contributed by atoms with Crippen molar-refractivity contribution >= 4 is 23.6 Å². The number of carboxylic acids is 1. The van der Waals surface area contributed by atoms with Crippen LogP contribution in [0.3, 0.4) is 0 Å². The predicted molar refractivity (Wildman–Crippen MR) is 82.0 cm³/mol. The van der Waals surface area contributed by atoms with E-state index in [9.17, 15) is 14.4 Å². The van der Waals surface area contributed by atoms with Crippen LogP contribution in [-0.2, 0) is 16.1 Å². The molecule has 0 saturated carbocycles. The lowest BCUT2D eigenvalue weighted by molar-refractivity contribution is -0.133. The number of nitrogens with zero attached hydrogens (tertiary/aromatic N) is 3. The minimum absolute atomic E-state index is 0.0281. The van der Waals surface area contributed by atoms with Gasteiger partial charge in [-0.1, -0.05) is 0 Å². The molecule has 9 heteroatoms. The molecule has 0 spiro atoms. The van der Waals surface area contributed by atoms with Crippen molar-refractivity contribution in [3.63, 3.8) is 0 Å². The number of rotatable bonds is 6. The third-order valence-electron chi connectivity index (χ3n) is 3.77. The number of likely N-dealkylation sites (tertiary alicyclic amines) is 1. The summed E-state index contributed by atoms with van der Waals surface area (Å²) in [5.74, 6) is 0.138. The second-order valence-corrected chi connectivity index (χ2v) is 6.16. The largest absolute Gasteiger partial charge is 0.481 e. The number of carboxylic acid groups (broad SMARTS) is 1. The quantitative estimate of drug-likeness (QED) is 0.767. The number of aromatic amines is 1. The Morgan fingerprint density at radius 1 is 1.36 bits per heavy atom. The molecular weight excluding hydrogens is 308 g/mol. The maximum absolute atomic E-state index is 12.0. The summed E-state index contributed by atoms with van der Waals surface area (Å²) in [5, 5.41) is 15.1. The lowest BCUT2D eigenvalue weighted by atomic mass is 9.96. The topological polar surface area (TPSA) is 108 Å². The zero-order chi connectivity index (χ0) is 16.1. The summed E-state index contributed by atoms with van der Waals surface area (Å²) < 4.78 is 1.63. The third kappa shape index (κ3) is 3.90. The van der Waals surface area contributed by atoms with Crippen LogP contribution in [0.1, 0.15) is 31.5 Å². The highest BCUT2D eigenvalue weighted by Gasteiger charge is 2.27. The van der Waals surface area contributed by atoms with Crippen molar-refractivity contribution in [3.05, 3.63) is 16.3 Å². The van der Waals surface area contributed by atoms with Crippen LogP contribution >= 0.6 is 11.8 Å². The monoisotopic (exact) mass is 328 g/mol. The first-order valence-corrected chi connectivity index (χ1v) is 8.40. The number of aliphatic carboxylic acids is 1. The average molecular weight is 328 g/mol. The van der Waals surface area contributed by atoms with Crippen LogP contribution in [0.25, 0.3) is 0 Å². The molecule has 1 aliphatic rings. The van der Waals surface area contributed by atoms with Gasteiger partial charge in [-0.15, -0.1) is 11.8 Å². The van der Waals surface area contributed by atoms with Gasteiger partial charge in [0, 0.05) is 25.6 Å². The molecular formula is C13H20N4O4S. The van der Waals surface area contributed by atoms with Crippen molar-refractivity contribution in [2.24, 2.45) is 0 Å². The standard InChI is InChI=1S/C13H20N4O4S/c1-2-17-12(14-15-13(17)21)9-3-5-16(6-4-9)10(18)7-22-8-11(19)20/h9H,2-8H2,1H3,(H,15,21)(H,19,20). The fourth-order valence-electron chi connectivity index (χ4n) is 2.65. The Morgan fingerprint density at radius 3 is 2.64 bits per heavy atom. The van der Waals surface area contributed by atoms with Crippen molar-refractivity contribution in [3.8, 4) is 0 Å². The minimum Gasteiger partial charge on any atom is -0.481 e. The van der Waals surface area contributed by atoms with Gasteiger partial charge in [0.25, 0.3) is 0 Å². The van der Waals surface area contributed by atoms with Crippen LogP contribution < -0.4 is 5.69 Å². The smallest absolute Gasteiger partial charge is 0.343 e. The van der Waals surface area contributed by atoms with E-state index in [2.05, 4.69) is 10.2 Å². The van der Waals surface area contributed by atoms with Gasteiger partial charge in [-0.3, -0.25) is 14.2 Å². The lowest BCUT2D eigenvalue weighted by Crippen LogP contribution is -2.39. The Kier molecular flexibility index (Phi) is 5.64. The molecule has 0 bridgehead atoms. The molecule has 22 heavy (non-hydrogen) atoms. The molecule has 1 aliphatic heterocycles. The number of nitrogens with one attached hydrogen (secondary N) is 1. The summed E-state index contributed by atoms with van der Waals surface area (Å²) in [7, 11) is 0. The second kappa shape index (κ2) is 7.48. The second-order valence-electron chi connectivity index (χ2n) is 5.17. The molecule has 0 radical (unpaired) electrons. The van der Waals surface area contributed by atoms with E-state index < -0.39 is 5.97 Å². The number of carbonyl (C=O) groups is 2. The van der Waals surface area contributed by atoms with Crippen LogP contribution in [0.2, 0.25) is 0 Å². The first kappa shape index (κ1) is 16.6. The van der Waals surface area contributed by atoms with Crippen LogP contribution in [0.4, 0.5) is 0 Å². The Balaban J connectivity index is 1.86. The van der Waals surface area contributed by atoms with Gasteiger partial charge >= 0.3 is 11.7 Å². The molecule has 1 aromatic heterocycles. The first-order chi connectivity index (χ1) is 10.5. The molecule has 0 aliphatic carbocycles. The van der Waals surface area contributed by atoms with Gasteiger partial charge < -0.3 is 10.0 Å². The molecule has 2 rings (SSSR count). The van der Waals surface area contributed by atoms with Gasteiger partial charge in [-0.2, -0.15) is 5.10 Å². The van der Waals surface area contributed by atoms with Crippen molar-refractivity contribution in [1.82, 2.24) is 19.7 Å². The number of piperidine rings is 1. The normalized spacial score (nSPS) is 16.0. The molecule has 8 nitrogen and oxygen atoms in total. The zero-order valence-electron chi connectivity index (χ0n) is 12.4. The van der Waals surface area contributed by atoms with E-state index in [1.165, 1.54) is 0 Å². The van der Waals surface area contributed by atoms with Crippen molar-refractivity contribution in [1.29, 1.82) is 0 Å². The van der Waals surface area contributed by atoms with Crippen LogP contribution in [0.15, 0.2) is 4.79 Å². The van der Waals surface area contributed by atoms with Gasteiger partial charge in [0.15, 0.2) is 0 Å². The van der Waals surface area contributed by atoms with Crippen molar-refractivity contribution in [2.75, 3.05) is 24.6 Å². The molecule has 0 unspecified atom stereocenters. The first-order valence-electron chi connectivity index (χ1n) is 7.25.